The molecule has 4 nitrogen and oxygen atoms in total. The summed E-state index contributed by atoms with van der Waals surface area (Å²) in [5, 5.41) is 2.86. The van der Waals surface area contributed by atoms with Crippen molar-refractivity contribution in [3.63, 3.8) is 0 Å². The van der Waals surface area contributed by atoms with Gasteiger partial charge in [0.15, 0.2) is 9.84 Å². The lowest BCUT2D eigenvalue weighted by atomic mass is 9.56. The number of carbonyl (C=O) groups is 1. The molecule has 0 saturated heterocycles. The van der Waals surface area contributed by atoms with Crippen LogP contribution in [0, 0.1) is 17.8 Å². The molecule has 0 atom stereocenters. The second-order valence-electron chi connectivity index (χ2n) is 8.24. The maximum Gasteiger partial charge on any atom is 0.234 e. The molecule has 1 N–H and O–H groups in total. The SMILES string of the molecule is CS(=O)(=O)c1cccc(NC(=O)CSC23CC4CC(CC(C4)C2)C3)c1. The maximum atomic E-state index is 12.4. The highest BCUT2D eigenvalue weighted by molar-refractivity contribution is 8.01. The smallest absolute Gasteiger partial charge is 0.234 e. The average molecular weight is 380 g/mol. The lowest BCUT2D eigenvalue weighted by Gasteiger charge is -2.56. The number of thioether (sulfide) groups is 1. The summed E-state index contributed by atoms with van der Waals surface area (Å²) in [4.78, 5) is 12.6. The summed E-state index contributed by atoms with van der Waals surface area (Å²) in [6.45, 7) is 0. The van der Waals surface area contributed by atoms with Crippen LogP contribution in [-0.4, -0.2) is 31.1 Å². The van der Waals surface area contributed by atoms with E-state index in [0.29, 0.717) is 16.2 Å². The van der Waals surface area contributed by atoms with E-state index in [0.717, 1.165) is 17.8 Å². The van der Waals surface area contributed by atoms with Gasteiger partial charge in [-0.15, -0.1) is 11.8 Å². The van der Waals surface area contributed by atoms with E-state index < -0.39 is 9.84 Å². The van der Waals surface area contributed by atoms with Crippen LogP contribution in [-0.2, 0) is 14.6 Å². The van der Waals surface area contributed by atoms with Crippen molar-refractivity contribution in [2.45, 2.75) is 48.2 Å². The number of sulfone groups is 1. The number of amides is 1. The quantitative estimate of drug-likeness (QED) is 0.847. The molecule has 136 valence electrons. The molecule has 1 amide bonds. The molecule has 4 bridgehead atoms. The molecule has 4 fully saturated rings. The maximum absolute atomic E-state index is 12.4. The van der Waals surface area contributed by atoms with Crippen molar-refractivity contribution >= 4 is 33.2 Å². The molecule has 5 rings (SSSR count). The van der Waals surface area contributed by atoms with Crippen molar-refractivity contribution in [3.8, 4) is 0 Å². The van der Waals surface area contributed by atoms with Crippen LogP contribution in [0.1, 0.15) is 38.5 Å². The molecule has 4 aliphatic carbocycles. The highest BCUT2D eigenvalue weighted by Crippen LogP contribution is 2.60. The van der Waals surface area contributed by atoms with Gasteiger partial charge in [0.25, 0.3) is 0 Å². The van der Waals surface area contributed by atoms with Crippen molar-refractivity contribution in [1.29, 1.82) is 0 Å². The van der Waals surface area contributed by atoms with E-state index in [1.54, 1.807) is 18.2 Å². The first-order valence-electron chi connectivity index (χ1n) is 9.05. The van der Waals surface area contributed by atoms with Crippen LogP contribution in [0.3, 0.4) is 0 Å². The third-order valence-electron chi connectivity index (χ3n) is 6.04. The minimum Gasteiger partial charge on any atom is -0.325 e. The van der Waals surface area contributed by atoms with Crippen LogP contribution in [0.5, 0.6) is 0 Å². The normalized spacial score (nSPS) is 33.4. The fourth-order valence-corrected chi connectivity index (χ4v) is 7.67. The van der Waals surface area contributed by atoms with Gasteiger partial charge in [0.05, 0.1) is 10.6 Å². The number of rotatable bonds is 5. The number of hydrogen-bond donors (Lipinski definition) is 1. The van der Waals surface area contributed by atoms with Gasteiger partial charge in [-0.1, -0.05) is 6.07 Å². The number of anilines is 1. The summed E-state index contributed by atoms with van der Waals surface area (Å²) in [6, 6.07) is 6.48. The third kappa shape index (κ3) is 3.75. The van der Waals surface area contributed by atoms with E-state index in [1.165, 1.54) is 50.8 Å². The molecule has 0 spiro atoms. The molecule has 0 radical (unpaired) electrons. The van der Waals surface area contributed by atoms with Crippen molar-refractivity contribution < 1.29 is 13.2 Å². The molecular weight excluding hydrogens is 354 g/mol. The Bertz CT molecular complexity index is 752. The first-order chi connectivity index (χ1) is 11.8. The molecule has 6 heteroatoms. The summed E-state index contributed by atoms with van der Waals surface area (Å²) < 4.78 is 23.6. The number of hydrogen-bond acceptors (Lipinski definition) is 4. The summed E-state index contributed by atoms with van der Waals surface area (Å²) in [7, 11) is -3.26. The second kappa shape index (κ2) is 6.31. The Morgan fingerprint density at radius 1 is 1.16 bits per heavy atom. The van der Waals surface area contributed by atoms with Crippen molar-refractivity contribution in [3.05, 3.63) is 24.3 Å². The second-order valence-corrected chi connectivity index (χ2v) is 11.7. The van der Waals surface area contributed by atoms with Gasteiger partial charge in [-0.3, -0.25) is 4.79 Å². The fraction of sp³-hybridized carbons (Fsp3) is 0.632. The molecule has 0 aromatic heterocycles. The van der Waals surface area contributed by atoms with Crippen LogP contribution in [0.15, 0.2) is 29.2 Å². The molecule has 1 aromatic rings. The van der Waals surface area contributed by atoms with E-state index in [2.05, 4.69) is 5.32 Å². The molecule has 1 aromatic carbocycles. The van der Waals surface area contributed by atoms with Gasteiger partial charge < -0.3 is 5.32 Å². The highest BCUT2D eigenvalue weighted by atomic mass is 32.2. The Kier molecular flexibility index (Phi) is 4.39. The zero-order valence-electron chi connectivity index (χ0n) is 14.5. The van der Waals surface area contributed by atoms with Gasteiger partial charge in [-0.2, -0.15) is 0 Å². The van der Waals surface area contributed by atoms with E-state index in [9.17, 15) is 13.2 Å². The molecule has 0 heterocycles. The first kappa shape index (κ1) is 17.4. The highest BCUT2D eigenvalue weighted by Gasteiger charge is 2.51. The van der Waals surface area contributed by atoms with Crippen LogP contribution >= 0.6 is 11.8 Å². The molecule has 0 aliphatic heterocycles. The Labute approximate surface area is 154 Å². The molecule has 0 unspecified atom stereocenters. The van der Waals surface area contributed by atoms with Crippen molar-refractivity contribution in [2.75, 3.05) is 17.3 Å². The zero-order valence-corrected chi connectivity index (χ0v) is 16.2. The lowest BCUT2D eigenvalue weighted by molar-refractivity contribution is -0.113. The lowest BCUT2D eigenvalue weighted by Crippen LogP contribution is -2.49. The van der Waals surface area contributed by atoms with E-state index >= 15 is 0 Å². The van der Waals surface area contributed by atoms with E-state index in [1.807, 2.05) is 11.8 Å². The topological polar surface area (TPSA) is 63.2 Å². The number of carbonyl (C=O) groups excluding carboxylic acids is 1. The Morgan fingerprint density at radius 3 is 2.32 bits per heavy atom. The Balaban J connectivity index is 1.37. The first-order valence-corrected chi connectivity index (χ1v) is 11.9. The van der Waals surface area contributed by atoms with Gasteiger partial charge in [0.1, 0.15) is 0 Å². The monoisotopic (exact) mass is 379 g/mol. The summed E-state index contributed by atoms with van der Waals surface area (Å²) in [6.07, 6.45) is 9.23. The molecule has 4 aliphatic rings. The van der Waals surface area contributed by atoms with Crippen LogP contribution < -0.4 is 5.32 Å². The fourth-order valence-electron chi connectivity index (χ4n) is 5.43. The summed E-state index contributed by atoms with van der Waals surface area (Å²) in [5.74, 6) is 3.07. The zero-order chi connectivity index (χ0) is 17.7. The number of nitrogens with one attached hydrogen (secondary N) is 1. The summed E-state index contributed by atoms with van der Waals surface area (Å²) in [5.41, 5.74) is 0.555. The standard InChI is InChI=1S/C19H25NO3S2/c1-25(22,23)17-4-2-3-16(8-17)20-18(21)12-24-19-9-13-5-14(10-19)7-15(6-13)11-19/h2-4,8,13-15H,5-7,9-12H2,1H3,(H,20,21). The third-order valence-corrected chi connectivity index (χ3v) is 8.67. The predicted molar refractivity (Wildman–Crippen MR) is 102 cm³/mol. The van der Waals surface area contributed by atoms with Gasteiger partial charge >= 0.3 is 0 Å². The largest absolute Gasteiger partial charge is 0.325 e. The minimum atomic E-state index is -3.26. The minimum absolute atomic E-state index is 0.0357. The average Bonchev–Trinajstić information content (AvgIpc) is 2.51. The molecular formula is C19H25NO3S2. The van der Waals surface area contributed by atoms with E-state index in [4.69, 9.17) is 0 Å². The van der Waals surface area contributed by atoms with Gasteiger partial charge in [-0.05, 0) is 74.5 Å². The Hall–Kier alpha value is -1.01. The van der Waals surface area contributed by atoms with Gasteiger partial charge in [-0.25, -0.2) is 8.42 Å². The summed E-state index contributed by atoms with van der Waals surface area (Å²) >= 11 is 1.84. The van der Waals surface area contributed by atoms with Crippen LogP contribution in [0.25, 0.3) is 0 Å². The molecule has 4 saturated carbocycles. The molecule has 25 heavy (non-hydrogen) atoms. The van der Waals surface area contributed by atoms with Crippen LogP contribution in [0.4, 0.5) is 5.69 Å². The van der Waals surface area contributed by atoms with Crippen molar-refractivity contribution in [2.24, 2.45) is 17.8 Å². The van der Waals surface area contributed by atoms with E-state index in [-0.39, 0.29) is 10.8 Å². The number of benzene rings is 1. The Morgan fingerprint density at radius 2 is 1.76 bits per heavy atom. The van der Waals surface area contributed by atoms with Gasteiger partial charge in [0.2, 0.25) is 5.91 Å². The van der Waals surface area contributed by atoms with Crippen LogP contribution in [0.2, 0.25) is 0 Å². The predicted octanol–water partition coefficient (Wildman–Crippen LogP) is 3.73. The van der Waals surface area contributed by atoms with Gasteiger partial charge in [0, 0.05) is 16.7 Å². The van der Waals surface area contributed by atoms with Crippen molar-refractivity contribution in [1.82, 2.24) is 0 Å².